The summed E-state index contributed by atoms with van der Waals surface area (Å²) in [6.07, 6.45) is 8.63. The number of carbonyl (C=O) groups is 1. The number of Topliss-reactive ketones (excluding diaryl/α,β-unsaturated/α-hetero) is 1. The van der Waals surface area contributed by atoms with Crippen molar-refractivity contribution in [3.8, 4) is 0 Å². The summed E-state index contributed by atoms with van der Waals surface area (Å²) in [7, 11) is 0. The van der Waals surface area contributed by atoms with Crippen molar-refractivity contribution in [3.63, 3.8) is 0 Å². The largest absolute Gasteiger partial charge is 0.295 e. The van der Waals surface area contributed by atoms with Gasteiger partial charge < -0.3 is 0 Å². The van der Waals surface area contributed by atoms with E-state index in [-0.39, 0.29) is 0 Å². The number of carbonyl (C=O) groups excluding carboxylic acids is 1. The number of rotatable bonds is 1. The second kappa shape index (κ2) is 3.65. The van der Waals surface area contributed by atoms with Gasteiger partial charge >= 0.3 is 0 Å². The fraction of sp³-hybridized carbons (Fsp3) is 0.750. The summed E-state index contributed by atoms with van der Waals surface area (Å²) in [5.41, 5.74) is 0.937. The molecule has 1 heteroatoms. The first-order valence-corrected chi connectivity index (χ1v) is 5.51. The van der Waals surface area contributed by atoms with Crippen molar-refractivity contribution in [1.82, 2.24) is 0 Å². The zero-order valence-corrected chi connectivity index (χ0v) is 8.22. The third-order valence-corrected chi connectivity index (χ3v) is 3.71. The van der Waals surface area contributed by atoms with Crippen molar-refractivity contribution in [1.29, 1.82) is 0 Å². The highest BCUT2D eigenvalue weighted by atomic mass is 16.1. The average molecular weight is 178 g/mol. The Morgan fingerprint density at radius 1 is 1.08 bits per heavy atom. The molecule has 0 aromatic carbocycles. The molecule has 0 spiro atoms. The van der Waals surface area contributed by atoms with Crippen LogP contribution in [0.15, 0.2) is 12.2 Å². The van der Waals surface area contributed by atoms with E-state index in [1.807, 2.05) is 0 Å². The lowest BCUT2D eigenvalue weighted by Gasteiger charge is -2.27. The van der Waals surface area contributed by atoms with Crippen LogP contribution in [0.5, 0.6) is 0 Å². The molecule has 0 amide bonds. The Balaban J connectivity index is 2.00. The van der Waals surface area contributed by atoms with Crippen molar-refractivity contribution in [2.75, 3.05) is 0 Å². The maximum Gasteiger partial charge on any atom is 0.158 e. The topological polar surface area (TPSA) is 17.1 Å². The number of hydrogen-bond acceptors (Lipinski definition) is 1. The van der Waals surface area contributed by atoms with E-state index in [1.165, 1.54) is 32.1 Å². The van der Waals surface area contributed by atoms with Crippen LogP contribution in [0.3, 0.4) is 0 Å². The lowest BCUT2D eigenvalue weighted by atomic mass is 9.78. The molecule has 72 valence electrons. The van der Waals surface area contributed by atoms with E-state index in [0.717, 1.165) is 24.3 Å². The molecule has 2 rings (SSSR count). The molecule has 2 aliphatic carbocycles. The monoisotopic (exact) mass is 178 g/mol. The highest BCUT2D eigenvalue weighted by Gasteiger charge is 2.33. The summed E-state index contributed by atoms with van der Waals surface area (Å²) in [5.74, 6) is 1.66. The highest BCUT2D eigenvalue weighted by molar-refractivity contribution is 5.97. The van der Waals surface area contributed by atoms with Gasteiger partial charge in [-0.3, -0.25) is 4.79 Å². The molecule has 0 N–H and O–H groups in total. The van der Waals surface area contributed by atoms with Gasteiger partial charge in [0.1, 0.15) is 0 Å². The lowest BCUT2D eigenvalue weighted by Crippen LogP contribution is -2.17. The molecule has 0 aromatic heterocycles. The number of ketones is 1. The van der Waals surface area contributed by atoms with E-state index in [9.17, 15) is 4.79 Å². The van der Waals surface area contributed by atoms with Crippen LogP contribution in [0, 0.1) is 11.8 Å². The Morgan fingerprint density at radius 2 is 1.77 bits per heavy atom. The normalized spacial score (nSPS) is 31.2. The van der Waals surface area contributed by atoms with Gasteiger partial charge in [-0.25, -0.2) is 0 Å². The number of allylic oxidation sites excluding steroid dienone is 1. The average Bonchev–Trinajstić information content (AvgIpc) is 2.49. The molecule has 0 heterocycles. The molecule has 0 aromatic rings. The van der Waals surface area contributed by atoms with Crippen molar-refractivity contribution in [2.45, 2.75) is 44.9 Å². The maximum atomic E-state index is 11.3. The fourth-order valence-corrected chi connectivity index (χ4v) is 2.88. The standard InChI is InChI=1S/C12H18O/c1-9-11(7-8-12(9)13)10-5-3-2-4-6-10/h10-11H,1-8H2. The SMILES string of the molecule is C=C1C(=O)CCC1C1CCCCC1. The van der Waals surface area contributed by atoms with E-state index in [2.05, 4.69) is 6.58 Å². The van der Waals surface area contributed by atoms with Gasteiger partial charge in [-0.05, 0) is 36.7 Å². The van der Waals surface area contributed by atoms with E-state index < -0.39 is 0 Å². The maximum absolute atomic E-state index is 11.3. The minimum absolute atomic E-state index is 0.329. The summed E-state index contributed by atoms with van der Waals surface area (Å²) in [4.78, 5) is 11.3. The van der Waals surface area contributed by atoms with Gasteiger partial charge in [-0.1, -0.05) is 25.8 Å². The van der Waals surface area contributed by atoms with Crippen LogP contribution in [0.1, 0.15) is 44.9 Å². The molecule has 1 nitrogen and oxygen atoms in total. The second-order valence-electron chi connectivity index (χ2n) is 4.49. The summed E-state index contributed by atoms with van der Waals surface area (Å²) >= 11 is 0. The molecular weight excluding hydrogens is 160 g/mol. The van der Waals surface area contributed by atoms with Crippen LogP contribution < -0.4 is 0 Å². The second-order valence-corrected chi connectivity index (χ2v) is 4.49. The predicted molar refractivity (Wildman–Crippen MR) is 53.4 cm³/mol. The molecular formula is C12H18O. The minimum atomic E-state index is 0.329. The highest BCUT2D eigenvalue weighted by Crippen LogP contribution is 2.40. The lowest BCUT2D eigenvalue weighted by molar-refractivity contribution is -0.114. The van der Waals surface area contributed by atoms with Crippen LogP contribution in [0.2, 0.25) is 0 Å². The smallest absolute Gasteiger partial charge is 0.158 e. The Hall–Kier alpha value is -0.590. The Bertz CT molecular complexity index is 223. The number of hydrogen-bond donors (Lipinski definition) is 0. The van der Waals surface area contributed by atoms with E-state index in [0.29, 0.717) is 11.7 Å². The van der Waals surface area contributed by atoms with Crippen molar-refractivity contribution < 1.29 is 4.79 Å². The van der Waals surface area contributed by atoms with Crippen LogP contribution >= 0.6 is 0 Å². The summed E-state index contributed by atoms with van der Waals surface area (Å²) in [5, 5.41) is 0. The molecule has 2 aliphatic rings. The van der Waals surface area contributed by atoms with E-state index in [1.54, 1.807) is 0 Å². The molecule has 0 bridgehead atoms. The third-order valence-electron chi connectivity index (χ3n) is 3.71. The Kier molecular flexibility index (Phi) is 2.52. The quantitative estimate of drug-likeness (QED) is 0.564. The van der Waals surface area contributed by atoms with Crippen LogP contribution in [0.25, 0.3) is 0 Å². The van der Waals surface area contributed by atoms with Gasteiger partial charge in [0.05, 0.1) is 0 Å². The van der Waals surface area contributed by atoms with Crippen molar-refractivity contribution >= 4 is 5.78 Å². The van der Waals surface area contributed by atoms with E-state index >= 15 is 0 Å². The molecule has 2 saturated carbocycles. The first-order valence-electron chi connectivity index (χ1n) is 5.51. The summed E-state index contributed by atoms with van der Waals surface area (Å²) < 4.78 is 0. The van der Waals surface area contributed by atoms with Gasteiger partial charge in [0, 0.05) is 6.42 Å². The van der Waals surface area contributed by atoms with Crippen molar-refractivity contribution in [2.24, 2.45) is 11.8 Å². The predicted octanol–water partition coefficient (Wildman–Crippen LogP) is 3.10. The summed E-state index contributed by atoms with van der Waals surface area (Å²) in [6, 6.07) is 0. The van der Waals surface area contributed by atoms with Crippen LogP contribution in [-0.4, -0.2) is 5.78 Å². The third kappa shape index (κ3) is 1.70. The first kappa shape index (κ1) is 8.98. The molecule has 0 saturated heterocycles. The fourth-order valence-electron chi connectivity index (χ4n) is 2.88. The Labute approximate surface area is 80.2 Å². The molecule has 1 unspecified atom stereocenters. The molecule has 0 aliphatic heterocycles. The van der Waals surface area contributed by atoms with Gasteiger partial charge in [0.2, 0.25) is 0 Å². The molecule has 13 heavy (non-hydrogen) atoms. The van der Waals surface area contributed by atoms with Gasteiger partial charge in [0.15, 0.2) is 5.78 Å². The van der Waals surface area contributed by atoms with Crippen LogP contribution in [-0.2, 0) is 4.79 Å². The van der Waals surface area contributed by atoms with Gasteiger partial charge in [-0.15, -0.1) is 0 Å². The van der Waals surface area contributed by atoms with Crippen molar-refractivity contribution in [3.05, 3.63) is 12.2 Å². The molecule has 0 radical (unpaired) electrons. The molecule has 1 atom stereocenters. The minimum Gasteiger partial charge on any atom is -0.295 e. The zero-order chi connectivity index (χ0) is 9.26. The van der Waals surface area contributed by atoms with Gasteiger partial charge in [0.25, 0.3) is 0 Å². The van der Waals surface area contributed by atoms with E-state index in [4.69, 9.17) is 0 Å². The first-order chi connectivity index (χ1) is 6.29. The molecule has 2 fully saturated rings. The summed E-state index contributed by atoms with van der Waals surface area (Å²) in [6.45, 7) is 3.94. The Morgan fingerprint density at radius 3 is 2.31 bits per heavy atom. The van der Waals surface area contributed by atoms with Gasteiger partial charge in [-0.2, -0.15) is 0 Å². The van der Waals surface area contributed by atoms with Crippen LogP contribution in [0.4, 0.5) is 0 Å². The zero-order valence-electron chi connectivity index (χ0n) is 8.22.